The summed E-state index contributed by atoms with van der Waals surface area (Å²) in [6, 6.07) is 19.5. The van der Waals surface area contributed by atoms with Crippen molar-refractivity contribution in [3.63, 3.8) is 0 Å². The van der Waals surface area contributed by atoms with Gasteiger partial charge in [0, 0.05) is 0 Å². The van der Waals surface area contributed by atoms with E-state index in [0.717, 1.165) is 6.42 Å². The van der Waals surface area contributed by atoms with E-state index in [-0.39, 0.29) is 18.3 Å². The molecule has 0 saturated carbocycles. The van der Waals surface area contributed by atoms with Crippen LogP contribution in [0.3, 0.4) is 0 Å². The third-order valence-electron chi connectivity index (χ3n) is 7.07. The van der Waals surface area contributed by atoms with E-state index in [1.54, 1.807) is 0 Å². The Labute approximate surface area is 180 Å². The Balaban J connectivity index is 1.84. The monoisotopic (exact) mass is 396 g/mol. The summed E-state index contributed by atoms with van der Waals surface area (Å²) in [5.41, 5.74) is 5.72. The van der Waals surface area contributed by atoms with E-state index in [0.29, 0.717) is 5.92 Å². The molecule has 1 saturated heterocycles. The molecule has 1 heterocycles. The Morgan fingerprint density at radius 1 is 0.833 bits per heavy atom. The van der Waals surface area contributed by atoms with Crippen LogP contribution in [0.15, 0.2) is 60.7 Å². The molecule has 30 heavy (non-hydrogen) atoms. The lowest BCUT2D eigenvalue weighted by molar-refractivity contribution is 0.00578. The summed E-state index contributed by atoms with van der Waals surface area (Å²) >= 11 is 0. The molecule has 152 valence electrons. The second-order valence-electron chi connectivity index (χ2n) is 9.72. The highest BCUT2D eigenvalue weighted by atomic mass is 16.7. The van der Waals surface area contributed by atoms with Crippen LogP contribution in [0.1, 0.15) is 45.7 Å². The van der Waals surface area contributed by atoms with Gasteiger partial charge >= 0.3 is 7.12 Å². The highest BCUT2D eigenvalue weighted by molar-refractivity contribution is 6.66. The maximum absolute atomic E-state index is 6.54. The molecule has 3 heteroatoms. The highest BCUT2D eigenvalue weighted by Gasteiger charge is 2.53. The molecule has 1 unspecified atom stereocenters. The van der Waals surface area contributed by atoms with E-state index >= 15 is 0 Å². The van der Waals surface area contributed by atoms with Crippen LogP contribution in [0.2, 0.25) is 0 Å². The lowest BCUT2D eigenvalue weighted by Gasteiger charge is -2.32. The first-order valence-corrected chi connectivity index (χ1v) is 11.0. The van der Waals surface area contributed by atoms with Gasteiger partial charge in [-0.2, -0.15) is 0 Å². The first-order chi connectivity index (χ1) is 14.3. The third kappa shape index (κ3) is 2.95. The predicted octanol–water partition coefficient (Wildman–Crippen LogP) is 6.01. The zero-order valence-corrected chi connectivity index (χ0v) is 18.5. The number of rotatable bonds is 2. The molecule has 1 atom stereocenters. The SMILES string of the molecule is CC1C=Cc2c(c(-c3ccccc3)c3ccccc3c2B2OC(C)(C)C(C)(C)O2)C1. The van der Waals surface area contributed by atoms with Crippen LogP contribution in [0.5, 0.6) is 0 Å². The van der Waals surface area contributed by atoms with Crippen molar-refractivity contribution in [1.82, 2.24) is 0 Å². The second-order valence-corrected chi connectivity index (χ2v) is 9.72. The van der Waals surface area contributed by atoms with Crippen molar-refractivity contribution in [3.8, 4) is 11.1 Å². The van der Waals surface area contributed by atoms with Crippen molar-refractivity contribution in [2.75, 3.05) is 0 Å². The van der Waals surface area contributed by atoms with Gasteiger partial charge in [-0.3, -0.25) is 0 Å². The largest absolute Gasteiger partial charge is 0.496 e. The second kappa shape index (κ2) is 6.83. The standard InChI is InChI=1S/C27H29BO2/c1-18-15-16-22-23(17-18)24(19-11-7-6-8-12-19)20-13-9-10-14-21(20)25(22)28-29-26(2,3)27(4,5)30-28/h6-16,18H,17H2,1-5H3. The zero-order chi connectivity index (χ0) is 21.1. The average molecular weight is 396 g/mol. The van der Waals surface area contributed by atoms with Crippen LogP contribution in [0, 0.1) is 5.92 Å². The van der Waals surface area contributed by atoms with E-state index in [1.165, 1.54) is 38.5 Å². The lowest BCUT2D eigenvalue weighted by atomic mass is 9.68. The average Bonchev–Trinajstić information content (AvgIpc) is 2.93. The smallest absolute Gasteiger partial charge is 0.399 e. The van der Waals surface area contributed by atoms with Gasteiger partial charge < -0.3 is 9.31 Å². The van der Waals surface area contributed by atoms with Crippen LogP contribution in [0.4, 0.5) is 0 Å². The molecule has 0 spiro atoms. The molecular formula is C27H29BO2. The fourth-order valence-electron chi connectivity index (χ4n) is 4.74. The quantitative estimate of drug-likeness (QED) is 0.494. The van der Waals surface area contributed by atoms with Crippen molar-refractivity contribution in [1.29, 1.82) is 0 Å². The first kappa shape index (κ1) is 19.6. The van der Waals surface area contributed by atoms with Crippen molar-refractivity contribution >= 4 is 29.4 Å². The minimum Gasteiger partial charge on any atom is -0.399 e. The molecule has 0 bridgehead atoms. The highest BCUT2D eigenvalue weighted by Crippen LogP contribution is 2.41. The van der Waals surface area contributed by atoms with E-state index in [4.69, 9.17) is 9.31 Å². The normalized spacial score (nSPS) is 21.8. The Kier molecular flexibility index (Phi) is 4.46. The fraction of sp³-hybridized carbons (Fsp3) is 0.333. The lowest BCUT2D eigenvalue weighted by Crippen LogP contribution is -2.41. The first-order valence-electron chi connectivity index (χ1n) is 11.0. The molecule has 3 aromatic rings. The maximum atomic E-state index is 6.54. The minimum atomic E-state index is -0.378. The number of fused-ring (bicyclic) bond motifs is 2. The van der Waals surface area contributed by atoms with Crippen LogP contribution in [-0.4, -0.2) is 18.3 Å². The molecule has 0 radical (unpaired) electrons. The summed E-state index contributed by atoms with van der Waals surface area (Å²) in [6.07, 6.45) is 5.64. The molecule has 1 aliphatic carbocycles. The number of hydrogen-bond acceptors (Lipinski definition) is 2. The van der Waals surface area contributed by atoms with Crippen molar-refractivity contribution < 1.29 is 9.31 Å². The van der Waals surface area contributed by atoms with Gasteiger partial charge in [-0.25, -0.2) is 0 Å². The number of allylic oxidation sites excluding steroid dienone is 1. The summed E-state index contributed by atoms with van der Waals surface area (Å²) in [6.45, 7) is 10.8. The van der Waals surface area contributed by atoms with Gasteiger partial charge in [-0.1, -0.05) is 73.7 Å². The summed E-state index contributed by atoms with van der Waals surface area (Å²) in [5, 5.41) is 2.49. The van der Waals surface area contributed by atoms with Crippen LogP contribution < -0.4 is 5.46 Å². The predicted molar refractivity (Wildman–Crippen MR) is 127 cm³/mol. The fourth-order valence-corrected chi connectivity index (χ4v) is 4.74. The summed E-state index contributed by atoms with van der Waals surface area (Å²) < 4.78 is 13.1. The minimum absolute atomic E-state index is 0.366. The maximum Gasteiger partial charge on any atom is 0.496 e. The molecule has 0 amide bonds. The van der Waals surface area contributed by atoms with Gasteiger partial charge in [-0.05, 0) is 78.5 Å². The molecule has 1 aliphatic heterocycles. The molecule has 1 fully saturated rings. The van der Waals surface area contributed by atoms with Crippen LogP contribution in [0.25, 0.3) is 28.0 Å². The molecule has 5 rings (SSSR count). The van der Waals surface area contributed by atoms with Gasteiger partial charge in [0.15, 0.2) is 0 Å². The number of hydrogen-bond donors (Lipinski definition) is 0. The third-order valence-corrected chi connectivity index (χ3v) is 7.07. The van der Waals surface area contributed by atoms with Crippen LogP contribution >= 0.6 is 0 Å². The van der Waals surface area contributed by atoms with Gasteiger partial charge in [0.25, 0.3) is 0 Å². The number of benzene rings is 3. The molecule has 0 aromatic heterocycles. The topological polar surface area (TPSA) is 18.5 Å². The Morgan fingerprint density at radius 2 is 1.43 bits per heavy atom. The summed E-state index contributed by atoms with van der Waals surface area (Å²) in [7, 11) is -0.378. The van der Waals surface area contributed by atoms with Crippen molar-refractivity contribution in [3.05, 3.63) is 71.8 Å². The summed E-state index contributed by atoms with van der Waals surface area (Å²) in [5.74, 6) is 0.507. The van der Waals surface area contributed by atoms with Gasteiger partial charge in [0.05, 0.1) is 11.2 Å². The van der Waals surface area contributed by atoms with E-state index in [2.05, 4.69) is 101 Å². The summed E-state index contributed by atoms with van der Waals surface area (Å²) in [4.78, 5) is 0. The van der Waals surface area contributed by atoms with E-state index in [1.807, 2.05) is 0 Å². The molecule has 0 N–H and O–H groups in total. The Hall–Kier alpha value is -2.36. The van der Waals surface area contributed by atoms with E-state index < -0.39 is 0 Å². The molecule has 3 aromatic carbocycles. The van der Waals surface area contributed by atoms with Gasteiger partial charge in [0.1, 0.15) is 0 Å². The Bertz CT molecular complexity index is 1130. The van der Waals surface area contributed by atoms with E-state index in [9.17, 15) is 0 Å². The zero-order valence-electron chi connectivity index (χ0n) is 18.5. The molecule has 2 aliphatic rings. The van der Waals surface area contributed by atoms with Gasteiger partial charge in [0.2, 0.25) is 0 Å². The Morgan fingerprint density at radius 3 is 2.10 bits per heavy atom. The molecule has 2 nitrogen and oxygen atoms in total. The van der Waals surface area contributed by atoms with Crippen molar-refractivity contribution in [2.24, 2.45) is 5.92 Å². The van der Waals surface area contributed by atoms with Gasteiger partial charge in [-0.15, -0.1) is 0 Å². The van der Waals surface area contributed by atoms with Crippen LogP contribution in [-0.2, 0) is 15.7 Å². The molecular weight excluding hydrogens is 367 g/mol. The van der Waals surface area contributed by atoms with Crippen molar-refractivity contribution in [2.45, 2.75) is 52.2 Å².